The van der Waals surface area contributed by atoms with E-state index in [1.54, 1.807) is 0 Å². The number of rotatable bonds is 4. The molecule has 6 rings (SSSR count). The molecule has 4 heterocycles. The summed E-state index contributed by atoms with van der Waals surface area (Å²) in [5.41, 5.74) is 0. The van der Waals surface area contributed by atoms with Gasteiger partial charge in [-0.1, -0.05) is 40.5 Å². The molecule has 35 heavy (non-hydrogen) atoms. The van der Waals surface area contributed by atoms with Crippen molar-refractivity contribution in [3.05, 3.63) is 0 Å². The van der Waals surface area contributed by atoms with Crippen molar-refractivity contribution in [2.45, 2.75) is 153 Å². The molecular formula is C28H46O7. The van der Waals surface area contributed by atoms with Crippen LogP contribution in [-0.2, 0) is 33.2 Å². The summed E-state index contributed by atoms with van der Waals surface area (Å²) in [5, 5.41) is 0. The minimum absolute atomic E-state index is 0.185. The van der Waals surface area contributed by atoms with Gasteiger partial charge in [-0.2, -0.15) is 0 Å². The predicted octanol–water partition coefficient (Wildman–Crippen LogP) is 5.29. The maximum atomic E-state index is 6.88. The van der Waals surface area contributed by atoms with Gasteiger partial charge in [0.15, 0.2) is 24.2 Å². The van der Waals surface area contributed by atoms with Crippen molar-refractivity contribution in [1.29, 1.82) is 0 Å². The second kappa shape index (κ2) is 9.79. The van der Waals surface area contributed by atoms with E-state index in [1.807, 2.05) is 0 Å². The molecule has 10 atom stereocenters. The van der Waals surface area contributed by atoms with Crippen LogP contribution in [-0.4, -0.2) is 61.3 Å². The van der Waals surface area contributed by atoms with Gasteiger partial charge in [-0.3, -0.25) is 0 Å². The fourth-order valence-electron chi connectivity index (χ4n) is 7.49. The van der Waals surface area contributed by atoms with Crippen LogP contribution in [0.2, 0.25) is 0 Å². The van der Waals surface area contributed by atoms with Crippen LogP contribution in [0.3, 0.4) is 0 Å². The Morgan fingerprint density at radius 3 is 2.09 bits per heavy atom. The van der Waals surface area contributed by atoms with E-state index in [0.717, 1.165) is 57.8 Å². The van der Waals surface area contributed by atoms with Gasteiger partial charge in [0.25, 0.3) is 0 Å². The van der Waals surface area contributed by atoms with Gasteiger partial charge < -0.3 is 33.2 Å². The monoisotopic (exact) mass is 494 g/mol. The molecule has 0 aromatic carbocycles. The highest BCUT2D eigenvalue weighted by atomic mass is 16.9. The fraction of sp³-hybridized carbons (Fsp3) is 1.00. The summed E-state index contributed by atoms with van der Waals surface area (Å²) in [4.78, 5) is 0. The summed E-state index contributed by atoms with van der Waals surface area (Å²) in [7, 11) is 0. The van der Waals surface area contributed by atoms with Crippen LogP contribution in [0, 0.1) is 17.8 Å². The molecule has 6 fully saturated rings. The van der Waals surface area contributed by atoms with Gasteiger partial charge >= 0.3 is 0 Å². The minimum Gasteiger partial charge on any atom is -0.349 e. The van der Waals surface area contributed by atoms with Crippen molar-refractivity contribution >= 4 is 0 Å². The first-order valence-electron chi connectivity index (χ1n) is 14.6. The van der Waals surface area contributed by atoms with Crippen molar-refractivity contribution in [1.82, 2.24) is 0 Å². The molecule has 0 aromatic heterocycles. The van der Waals surface area contributed by atoms with E-state index in [2.05, 4.69) is 27.7 Å². The van der Waals surface area contributed by atoms with Crippen LogP contribution in [0.5, 0.6) is 0 Å². The first kappa shape index (κ1) is 25.0. The third-order valence-corrected chi connectivity index (χ3v) is 10.0. The first-order valence-corrected chi connectivity index (χ1v) is 14.6. The maximum Gasteiger partial charge on any atom is 0.190 e. The van der Waals surface area contributed by atoms with E-state index in [-0.39, 0.29) is 42.7 Å². The zero-order valence-electron chi connectivity index (χ0n) is 22.1. The van der Waals surface area contributed by atoms with Crippen LogP contribution in [0.15, 0.2) is 0 Å². The molecule has 4 unspecified atom stereocenters. The molecule has 4 saturated heterocycles. The summed E-state index contributed by atoms with van der Waals surface area (Å²) in [5.74, 6) is 0.325. The van der Waals surface area contributed by atoms with Crippen LogP contribution in [0.4, 0.5) is 0 Å². The molecule has 0 aromatic rings. The standard InChI is InChI=1S/C28H46O7/c1-5-20-18(3)17(2)19(4)25(30-20)32-23-22(21-16-29-27(33-21)12-8-6-9-13-27)31-26-24(23)34-28(35-26)14-10-7-11-15-28/h17-26H,5-16H2,1-4H3/t17-,18-,19?,20?,21?,22+,23-,24?,25-,26+/m0/s1. The third kappa shape index (κ3) is 4.51. The average Bonchev–Trinajstić information content (AvgIpc) is 3.52. The van der Waals surface area contributed by atoms with Gasteiger partial charge in [0, 0.05) is 31.6 Å². The van der Waals surface area contributed by atoms with E-state index in [9.17, 15) is 0 Å². The van der Waals surface area contributed by atoms with E-state index in [1.165, 1.54) is 12.8 Å². The molecule has 0 bridgehead atoms. The van der Waals surface area contributed by atoms with Crippen molar-refractivity contribution in [2.24, 2.45) is 17.8 Å². The molecule has 7 heteroatoms. The van der Waals surface area contributed by atoms with E-state index >= 15 is 0 Å². The molecule has 200 valence electrons. The van der Waals surface area contributed by atoms with Gasteiger partial charge in [-0.15, -0.1) is 0 Å². The van der Waals surface area contributed by atoms with Gasteiger partial charge in [-0.25, -0.2) is 0 Å². The van der Waals surface area contributed by atoms with Gasteiger partial charge in [0.2, 0.25) is 0 Å². The molecule has 0 amide bonds. The lowest BCUT2D eigenvalue weighted by Gasteiger charge is -2.45. The van der Waals surface area contributed by atoms with E-state index < -0.39 is 17.9 Å². The van der Waals surface area contributed by atoms with E-state index in [4.69, 9.17) is 33.2 Å². The molecular weight excluding hydrogens is 448 g/mol. The molecule has 7 nitrogen and oxygen atoms in total. The van der Waals surface area contributed by atoms with Crippen LogP contribution in [0.25, 0.3) is 0 Å². The maximum absolute atomic E-state index is 6.88. The second-order valence-electron chi connectivity index (χ2n) is 12.2. The van der Waals surface area contributed by atoms with Crippen LogP contribution >= 0.6 is 0 Å². The van der Waals surface area contributed by atoms with E-state index in [0.29, 0.717) is 18.4 Å². The molecule has 2 aliphatic carbocycles. The third-order valence-electron chi connectivity index (χ3n) is 10.0. The highest BCUT2D eigenvalue weighted by Gasteiger charge is 2.62. The Morgan fingerprint density at radius 1 is 0.714 bits per heavy atom. The quantitative estimate of drug-likeness (QED) is 0.526. The van der Waals surface area contributed by atoms with Gasteiger partial charge in [0.1, 0.15) is 24.4 Å². The summed E-state index contributed by atoms with van der Waals surface area (Å²) < 4.78 is 46.1. The zero-order chi connectivity index (χ0) is 24.2. The Hall–Kier alpha value is -0.280. The average molecular weight is 495 g/mol. The number of ether oxygens (including phenoxy) is 7. The lowest BCUT2D eigenvalue weighted by atomic mass is 9.78. The topological polar surface area (TPSA) is 64.6 Å². The Labute approximate surface area is 210 Å². The lowest BCUT2D eigenvalue weighted by molar-refractivity contribution is -0.300. The largest absolute Gasteiger partial charge is 0.349 e. The molecule has 0 radical (unpaired) electrons. The summed E-state index contributed by atoms with van der Waals surface area (Å²) in [6.45, 7) is 9.61. The number of hydrogen-bond acceptors (Lipinski definition) is 7. The van der Waals surface area contributed by atoms with Crippen molar-refractivity contribution < 1.29 is 33.2 Å². The van der Waals surface area contributed by atoms with Crippen molar-refractivity contribution in [3.63, 3.8) is 0 Å². The summed E-state index contributed by atoms with van der Waals surface area (Å²) >= 11 is 0. The molecule has 6 aliphatic rings. The molecule has 0 N–H and O–H groups in total. The predicted molar refractivity (Wildman–Crippen MR) is 128 cm³/mol. The normalized spacial score (nSPS) is 49.0. The Balaban J connectivity index is 1.22. The molecule has 2 saturated carbocycles. The van der Waals surface area contributed by atoms with Crippen LogP contribution < -0.4 is 0 Å². The highest BCUT2D eigenvalue weighted by Crippen LogP contribution is 2.49. The van der Waals surface area contributed by atoms with Gasteiger partial charge in [0.05, 0.1) is 12.7 Å². The summed E-state index contributed by atoms with van der Waals surface area (Å²) in [6, 6.07) is 0. The Morgan fingerprint density at radius 2 is 1.40 bits per heavy atom. The molecule has 4 aliphatic heterocycles. The lowest BCUT2D eigenvalue weighted by Crippen LogP contribution is -2.52. The van der Waals surface area contributed by atoms with Gasteiger partial charge in [-0.05, 0) is 43.9 Å². The Bertz CT molecular complexity index is 731. The van der Waals surface area contributed by atoms with Crippen LogP contribution in [0.1, 0.15) is 98.3 Å². The Kier molecular flexibility index (Phi) is 7.00. The number of fused-ring (bicyclic) bond motifs is 1. The zero-order valence-corrected chi connectivity index (χ0v) is 22.1. The SMILES string of the molecule is CCC1O[C@@H](O[C@@H]2C3OC4(CCCCC4)O[C@H]3O[C@@H]2C2COC3(CCCCC3)O2)C(C)[C@@H](C)[C@@H]1C. The number of hydrogen-bond donors (Lipinski definition) is 0. The first-order chi connectivity index (χ1) is 16.9. The molecule has 2 spiro atoms. The second-order valence-corrected chi connectivity index (χ2v) is 12.2. The summed E-state index contributed by atoms with van der Waals surface area (Å²) in [6.07, 6.45) is 10.2. The minimum atomic E-state index is -0.523. The van der Waals surface area contributed by atoms with Crippen molar-refractivity contribution in [2.75, 3.05) is 6.61 Å². The smallest absolute Gasteiger partial charge is 0.190 e. The van der Waals surface area contributed by atoms with Crippen molar-refractivity contribution in [3.8, 4) is 0 Å². The fourth-order valence-corrected chi connectivity index (χ4v) is 7.49. The highest BCUT2D eigenvalue weighted by molar-refractivity contribution is 5.02.